The zero-order valence-corrected chi connectivity index (χ0v) is 11.7. The van der Waals surface area contributed by atoms with Crippen molar-refractivity contribution in [3.8, 4) is 0 Å². The minimum Gasteiger partial charge on any atom is -0.320 e. The molecule has 0 spiro atoms. The van der Waals surface area contributed by atoms with E-state index in [-0.39, 0.29) is 23.2 Å². The highest BCUT2D eigenvalue weighted by molar-refractivity contribution is 5.97. The molecule has 1 atom stereocenters. The van der Waals surface area contributed by atoms with Gasteiger partial charge in [-0.15, -0.1) is 0 Å². The Bertz CT molecular complexity index is 641. The molecule has 2 aromatic rings. The second kappa shape index (κ2) is 6.65. The maximum absolute atomic E-state index is 12.4. The van der Waals surface area contributed by atoms with Crippen LogP contribution < -0.4 is 5.32 Å². The molecule has 2 aromatic carbocycles. The molecule has 0 bridgehead atoms. The first kappa shape index (κ1) is 14.7. The standard InChI is InChI=1S/C16H16N2O3/c1-2-13(12-8-4-3-5-9-12)16(19)17-14-10-6-7-11-15(14)18(20)21/h3-11,13H,2H2,1H3,(H,17,19). The van der Waals surface area contributed by atoms with E-state index >= 15 is 0 Å². The number of para-hydroxylation sites is 2. The molecule has 0 radical (unpaired) electrons. The van der Waals surface area contributed by atoms with Crippen molar-refractivity contribution in [1.29, 1.82) is 0 Å². The van der Waals surface area contributed by atoms with Gasteiger partial charge in [-0.1, -0.05) is 49.4 Å². The van der Waals surface area contributed by atoms with Crippen LogP contribution >= 0.6 is 0 Å². The van der Waals surface area contributed by atoms with E-state index < -0.39 is 4.92 Å². The first-order valence-corrected chi connectivity index (χ1v) is 6.72. The summed E-state index contributed by atoms with van der Waals surface area (Å²) in [6.45, 7) is 1.91. The summed E-state index contributed by atoms with van der Waals surface area (Å²) in [5.74, 6) is -0.566. The zero-order chi connectivity index (χ0) is 15.2. The third-order valence-electron chi connectivity index (χ3n) is 3.29. The van der Waals surface area contributed by atoms with Crippen LogP contribution in [0.1, 0.15) is 24.8 Å². The topological polar surface area (TPSA) is 72.2 Å². The first-order valence-electron chi connectivity index (χ1n) is 6.72. The van der Waals surface area contributed by atoms with Crippen LogP contribution in [-0.2, 0) is 4.79 Å². The van der Waals surface area contributed by atoms with Crippen LogP contribution in [0.4, 0.5) is 11.4 Å². The van der Waals surface area contributed by atoms with Gasteiger partial charge in [-0.2, -0.15) is 0 Å². The van der Waals surface area contributed by atoms with Crippen LogP contribution in [0.3, 0.4) is 0 Å². The Labute approximate surface area is 122 Å². The van der Waals surface area contributed by atoms with E-state index in [0.717, 1.165) is 5.56 Å². The van der Waals surface area contributed by atoms with Crippen molar-refractivity contribution in [2.75, 3.05) is 5.32 Å². The molecular formula is C16H16N2O3. The maximum atomic E-state index is 12.4. The highest BCUT2D eigenvalue weighted by atomic mass is 16.6. The summed E-state index contributed by atoms with van der Waals surface area (Å²) in [4.78, 5) is 22.9. The molecule has 5 nitrogen and oxygen atoms in total. The number of rotatable bonds is 5. The Morgan fingerprint density at radius 1 is 1.14 bits per heavy atom. The van der Waals surface area contributed by atoms with Gasteiger partial charge in [0, 0.05) is 6.07 Å². The number of nitro benzene ring substituents is 1. The van der Waals surface area contributed by atoms with Crippen molar-refractivity contribution >= 4 is 17.3 Å². The Morgan fingerprint density at radius 2 is 1.76 bits per heavy atom. The molecule has 0 heterocycles. The minimum atomic E-state index is -0.501. The van der Waals surface area contributed by atoms with E-state index in [1.54, 1.807) is 12.1 Å². The SMILES string of the molecule is CCC(C(=O)Nc1ccccc1[N+](=O)[O-])c1ccccc1. The van der Waals surface area contributed by atoms with Crippen LogP contribution in [-0.4, -0.2) is 10.8 Å². The van der Waals surface area contributed by atoms with Gasteiger partial charge in [0.05, 0.1) is 10.8 Å². The number of anilines is 1. The molecule has 5 heteroatoms. The smallest absolute Gasteiger partial charge is 0.292 e. The summed E-state index contributed by atoms with van der Waals surface area (Å²) in [5, 5.41) is 13.6. The fourth-order valence-corrected chi connectivity index (χ4v) is 2.22. The van der Waals surface area contributed by atoms with Gasteiger partial charge in [0.15, 0.2) is 0 Å². The Morgan fingerprint density at radius 3 is 2.38 bits per heavy atom. The second-order valence-corrected chi connectivity index (χ2v) is 4.64. The van der Waals surface area contributed by atoms with E-state index in [9.17, 15) is 14.9 Å². The monoisotopic (exact) mass is 284 g/mol. The minimum absolute atomic E-state index is 0.103. The van der Waals surface area contributed by atoms with Gasteiger partial charge in [0.2, 0.25) is 5.91 Å². The van der Waals surface area contributed by atoms with Crippen molar-refractivity contribution in [3.63, 3.8) is 0 Å². The number of hydrogen-bond acceptors (Lipinski definition) is 3. The molecule has 0 fully saturated rings. The maximum Gasteiger partial charge on any atom is 0.292 e. The van der Waals surface area contributed by atoms with Gasteiger partial charge < -0.3 is 5.32 Å². The van der Waals surface area contributed by atoms with Crippen LogP contribution in [0.15, 0.2) is 54.6 Å². The second-order valence-electron chi connectivity index (χ2n) is 4.64. The van der Waals surface area contributed by atoms with Gasteiger partial charge in [-0.3, -0.25) is 14.9 Å². The Balaban J connectivity index is 2.23. The molecule has 0 saturated carbocycles. The van der Waals surface area contributed by atoms with Crippen LogP contribution in [0.2, 0.25) is 0 Å². The first-order chi connectivity index (χ1) is 10.1. The third kappa shape index (κ3) is 3.45. The normalized spacial score (nSPS) is 11.7. The summed E-state index contributed by atoms with van der Waals surface area (Å²) in [7, 11) is 0. The molecule has 0 aromatic heterocycles. The summed E-state index contributed by atoms with van der Waals surface area (Å²) in [6.07, 6.45) is 0.622. The molecular weight excluding hydrogens is 268 g/mol. The van der Waals surface area contributed by atoms with Crippen LogP contribution in [0.25, 0.3) is 0 Å². The molecule has 1 unspecified atom stereocenters. The summed E-state index contributed by atoms with van der Waals surface area (Å²) in [6, 6.07) is 15.5. The molecule has 108 valence electrons. The average Bonchev–Trinajstić information content (AvgIpc) is 2.49. The lowest BCUT2D eigenvalue weighted by atomic mass is 9.95. The molecule has 0 aliphatic rings. The molecule has 0 aliphatic carbocycles. The average molecular weight is 284 g/mol. The molecule has 2 rings (SSSR count). The molecule has 21 heavy (non-hydrogen) atoms. The lowest BCUT2D eigenvalue weighted by Crippen LogP contribution is -2.21. The quantitative estimate of drug-likeness (QED) is 0.671. The predicted octanol–water partition coefficient (Wildman–Crippen LogP) is 3.73. The number of benzene rings is 2. The van der Waals surface area contributed by atoms with E-state index in [0.29, 0.717) is 6.42 Å². The van der Waals surface area contributed by atoms with E-state index in [2.05, 4.69) is 5.32 Å². The fourth-order valence-electron chi connectivity index (χ4n) is 2.22. The third-order valence-corrected chi connectivity index (χ3v) is 3.29. The van der Waals surface area contributed by atoms with Crippen molar-refractivity contribution in [1.82, 2.24) is 0 Å². The number of hydrogen-bond donors (Lipinski definition) is 1. The van der Waals surface area contributed by atoms with Gasteiger partial charge in [0.25, 0.3) is 5.69 Å². The van der Waals surface area contributed by atoms with E-state index in [4.69, 9.17) is 0 Å². The van der Waals surface area contributed by atoms with Gasteiger partial charge in [-0.25, -0.2) is 0 Å². The predicted molar refractivity (Wildman–Crippen MR) is 81.2 cm³/mol. The van der Waals surface area contributed by atoms with E-state index in [1.165, 1.54) is 12.1 Å². The largest absolute Gasteiger partial charge is 0.320 e. The number of nitrogens with zero attached hydrogens (tertiary/aromatic N) is 1. The molecule has 1 amide bonds. The van der Waals surface area contributed by atoms with Gasteiger partial charge in [-0.05, 0) is 18.1 Å². The van der Waals surface area contributed by atoms with Crippen molar-refractivity contribution in [3.05, 3.63) is 70.3 Å². The lowest BCUT2D eigenvalue weighted by Gasteiger charge is -2.15. The summed E-state index contributed by atoms with van der Waals surface area (Å²) in [5.41, 5.74) is 1.02. The summed E-state index contributed by atoms with van der Waals surface area (Å²) >= 11 is 0. The van der Waals surface area contributed by atoms with Crippen molar-refractivity contribution in [2.45, 2.75) is 19.3 Å². The number of carbonyl (C=O) groups excluding carboxylic acids is 1. The molecule has 0 saturated heterocycles. The number of amides is 1. The molecule has 0 aliphatic heterocycles. The molecule has 1 N–H and O–H groups in total. The Hall–Kier alpha value is -2.69. The number of nitrogens with one attached hydrogen (secondary N) is 1. The Kier molecular flexibility index (Phi) is 4.66. The lowest BCUT2D eigenvalue weighted by molar-refractivity contribution is -0.383. The number of nitro groups is 1. The number of carbonyl (C=O) groups is 1. The van der Waals surface area contributed by atoms with Crippen LogP contribution in [0, 0.1) is 10.1 Å². The van der Waals surface area contributed by atoms with Crippen LogP contribution in [0.5, 0.6) is 0 Å². The van der Waals surface area contributed by atoms with Crippen molar-refractivity contribution in [2.24, 2.45) is 0 Å². The summed E-state index contributed by atoms with van der Waals surface area (Å²) < 4.78 is 0. The van der Waals surface area contributed by atoms with Gasteiger partial charge in [0.1, 0.15) is 5.69 Å². The zero-order valence-electron chi connectivity index (χ0n) is 11.7. The van der Waals surface area contributed by atoms with E-state index in [1.807, 2.05) is 37.3 Å². The highest BCUT2D eigenvalue weighted by Crippen LogP contribution is 2.26. The highest BCUT2D eigenvalue weighted by Gasteiger charge is 2.21. The van der Waals surface area contributed by atoms with Crippen molar-refractivity contribution < 1.29 is 9.72 Å². The fraction of sp³-hybridized carbons (Fsp3) is 0.188. The van der Waals surface area contributed by atoms with Gasteiger partial charge >= 0.3 is 0 Å².